The highest BCUT2D eigenvalue weighted by Gasteiger charge is 2.35. The minimum Gasteiger partial charge on any atom is -0.494 e. The Bertz CT molecular complexity index is 1630. The van der Waals surface area contributed by atoms with Gasteiger partial charge < -0.3 is 4.74 Å². The van der Waals surface area contributed by atoms with E-state index in [2.05, 4.69) is 0 Å². The van der Waals surface area contributed by atoms with Crippen LogP contribution in [-0.2, 0) is 16.1 Å². The van der Waals surface area contributed by atoms with Gasteiger partial charge in [-0.25, -0.2) is 4.68 Å². The molecule has 0 saturated carbocycles. The maximum Gasteiger partial charge on any atom is 0.271 e. The molecular formula is C32H26N4O3. The lowest BCUT2D eigenvalue weighted by atomic mass is 9.93. The molecule has 0 spiro atoms. The lowest BCUT2D eigenvalue weighted by molar-refractivity contribution is -0.141. The minimum absolute atomic E-state index is 0.0464. The molecule has 1 aliphatic rings. The van der Waals surface area contributed by atoms with E-state index in [9.17, 15) is 14.9 Å². The van der Waals surface area contributed by atoms with Crippen molar-refractivity contribution >= 4 is 17.9 Å². The Labute approximate surface area is 226 Å². The second-order valence-corrected chi connectivity index (χ2v) is 9.02. The number of amides is 2. The van der Waals surface area contributed by atoms with Crippen molar-refractivity contribution in [3.63, 3.8) is 0 Å². The van der Waals surface area contributed by atoms with Gasteiger partial charge in [-0.05, 0) is 67.5 Å². The molecule has 1 aliphatic heterocycles. The van der Waals surface area contributed by atoms with Crippen molar-refractivity contribution in [1.82, 2.24) is 14.7 Å². The van der Waals surface area contributed by atoms with Crippen LogP contribution in [0.1, 0.15) is 25.0 Å². The zero-order valence-corrected chi connectivity index (χ0v) is 21.7. The number of hydrogen-bond donors (Lipinski definition) is 0. The minimum atomic E-state index is -0.590. The standard InChI is InChI=1S/C32H26N4O3/c1-3-39-27-16-14-24(15-17-27)30-25(21-36(34-30)26-12-8-5-9-13-26)18-28-22(2)29(19-33)32(38)35(31(28)37)20-23-10-6-4-7-11-23/h4-18,21H,3,20H2,1-2H3/b28-18+. The van der Waals surface area contributed by atoms with Crippen molar-refractivity contribution in [3.8, 4) is 28.8 Å². The summed E-state index contributed by atoms with van der Waals surface area (Å²) in [5.74, 6) is -0.295. The first-order valence-electron chi connectivity index (χ1n) is 12.6. The number of carbonyl (C=O) groups is 2. The van der Waals surface area contributed by atoms with Gasteiger partial charge in [0.05, 0.1) is 24.5 Å². The zero-order valence-electron chi connectivity index (χ0n) is 21.7. The Morgan fingerprint density at radius 3 is 2.23 bits per heavy atom. The van der Waals surface area contributed by atoms with Crippen molar-refractivity contribution in [2.45, 2.75) is 20.4 Å². The summed E-state index contributed by atoms with van der Waals surface area (Å²) in [5.41, 5.74) is 4.40. The van der Waals surface area contributed by atoms with E-state index in [-0.39, 0.29) is 17.7 Å². The Morgan fingerprint density at radius 2 is 1.59 bits per heavy atom. The van der Waals surface area contributed by atoms with Crippen LogP contribution in [0.4, 0.5) is 0 Å². The van der Waals surface area contributed by atoms with Gasteiger partial charge in [-0.15, -0.1) is 0 Å². The molecule has 7 heteroatoms. The first-order chi connectivity index (χ1) is 19.0. The van der Waals surface area contributed by atoms with Crippen molar-refractivity contribution in [2.75, 3.05) is 6.61 Å². The summed E-state index contributed by atoms with van der Waals surface area (Å²) in [6.07, 6.45) is 3.57. The van der Waals surface area contributed by atoms with Crippen LogP contribution < -0.4 is 4.74 Å². The van der Waals surface area contributed by atoms with E-state index in [0.717, 1.165) is 27.5 Å². The van der Waals surface area contributed by atoms with E-state index in [4.69, 9.17) is 9.84 Å². The highest BCUT2D eigenvalue weighted by atomic mass is 16.5. The normalized spacial score (nSPS) is 14.6. The third-order valence-corrected chi connectivity index (χ3v) is 6.51. The number of para-hydroxylation sites is 1. The Hall–Kier alpha value is -5.22. The molecule has 0 radical (unpaired) electrons. The van der Waals surface area contributed by atoms with Crippen LogP contribution in [0.25, 0.3) is 23.0 Å². The number of rotatable bonds is 7. The van der Waals surface area contributed by atoms with E-state index < -0.39 is 11.8 Å². The van der Waals surface area contributed by atoms with E-state index >= 15 is 0 Å². The van der Waals surface area contributed by atoms with Gasteiger partial charge in [-0.1, -0.05) is 48.5 Å². The SMILES string of the molecule is CCOc1ccc(-c2nn(-c3ccccc3)cc2/C=C2/C(=O)N(Cc3ccccc3)C(=O)C(C#N)=C2C)cc1. The van der Waals surface area contributed by atoms with Crippen LogP contribution in [0.5, 0.6) is 5.75 Å². The van der Waals surface area contributed by atoms with Gasteiger partial charge >= 0.3 is 0 Å². The van der Waals surface area contributed by atoms with Crippen LogP contribution in [0.15, 0.2) is 108 Å². The highest BCUT2D eigenvalue weighted by Crippen LogP contribution is 2.32. The predicted octanol–water partition coefficient (Wildman–Crippen LogP) is 5.73. The topological polar surface area (TPSA) is 88.2 Å². The molecule has 3 aromatic carbocycles. The number of imide groups is 1. The van der Waals surface area contributed by atoms with Crippen LogP contribution in [0.3, 0.4) is 0 Å². The Morgan fingerprint density at radius 1 is 0.923 bits per heavy atom. The lowest BCUT2D eigenvalue weighted by Crippen LogP contribution is -2.42. The molecule has 0 bridgehead atoms. The molecule has 1 aromatic heterocycles. The van der Waals surface area contributed by atoms with Crippen molar-refractivity contribution in [1.29, 1.82) is 5.26 Å². The molecule has 2 heterocycles. The fourth-order valence-corrected chi connectivity index (χ4v) is 4.50. The van der Waals surface area contributed by atoms with Gasteiger partial charge in [0.15, 0.2) is 0 Å². The number of nitriles is 1. The smallest absolute Gasteiger partial charge is 0.271 e. The third-order valence-electron chi connectivity index (χ3n) is 6.51. The quantitative estimate of drug-likeness (QED) is 0.232. The fourth-order valence-electron chi connectivity index (χ4n) is 4.50. The van der Waals surface area contributed by atoms with Crippen molar-refractivity contribution in [2.24, 2.45) is 0 Å². The van der Waals surface area contributed by atoms with Gasteiger partial charge in [-0.3, -0.25) is 14.5 Å². The first kappa shape index (κ1) is 25.4. The molecule has 0 aliphatic carbocycles. The summed E-state index contributed by atoms with van der Waals surface area (Å²) in [5, 5.41) is 14.7. The van der Waals surface area contributed by atoms with Crippen molar-refractivity contribution in [3.05, 3.63) is 119 Å². The molecule has 4 aromatic rings. The van der Waals surface area contributed by atoms with E-state index in [0.29, 0.717) is 23.4 Å². The molecule has 0 atom stereocenters. The molecule has 7 nitrogen and oxygen atoms in total. The lowest BCUT2D eigenvalue weighted by Gasteiger charge is -2.27. The maximum atomic E-state index is 13.7. The van der Waals surface area contributed by atoms with Gasteiger partial charge in [0.25, 0.3) is 11.8 Å². The predicted molar refractivity (Wildman–Crippen MR) is 148 cm³/mol. The van der Waals surface area contributed by atoms with Crippen LogP contribution >= 0.6 is 0 Å². The molecular weight excluding hydrogens is 488 g/mol. The molecule has 0 unspecified atom stereocenters. The van der Waals surface area contributed by atoms with Gasteiger partial charge in [0, 0.05) is 22.9 Å². The summed E-state index contributed by atoms with van der Waals surface area (Å²) in [6, 6.07) is 28.5. The molecule has 192 valence electrons. The number of aromatic nitrogens is 2. The highest BCUT2D eigenvalue weighted by molar-refractivity contribution is 6.19. The Kier molecular flexibility index (Phi) is 7.19. The van der Waals surface area contributed by atoms with E-state index in [1.165, 1.54) is 0 Å². The summed E-state index contributed by atoms with van der Waals surface area (Å²) in [4.78, 5) is 27.9. The third kappa shape index (κ3) is 5.13. The monoisotopic (exact) mass is 514 g/mol. The van der Waals surface area contributed by atoms with Crippen LogP contribution in [0, 0.1) is 11.3 Å². The number of benzene rings is 3. The maximum absolute atomic E-state index is 13.7. The molecule has 0 fully saturated rings. The summed E-state index contributed by atoms with van der Waals surface area (Å²) < 4.78 is 7.34. The second-order valence-electron chi connectivity index (χ2n) is 9.02. The summed E-state index contributed by atoms with van der Waals surface area (Å²) >= 11 is 0. The summed E-state index contributed by atoms with van der Waals surface area (Å²) in [6.45, 7) is 4.20. The number of ether oxygens (including phenoxy) is 1. The number of carbonyl (C=O) groups excluding carboxylic acids is 2. The Balaban J connectivity index is 1.63. The fraction of sp³-hybridized carbons (Fsp3) is 0.125. The molecule has 2 amide bonds. The van der Waals surface area contributed by atoms with Gasteiger partial charge in [0.2, 0.25) is 0 Å². The molecule has 0 saturated heterocycles. The molecule has 5 rings (SSSR count). The average Bonchev–Trinajstić information content (AvgIpc) is 3.39. The van der Waals surface area contributed by atoms with E-state index in [1.54, 1.807) is 17.7 Å². The number of hydrogen-bond acceptors (Lipinski definition) is 5. The zero-order chi connectivity index (χ0) is 27.4. The average molecular weight is 515 g/mol. The van der Waals surface area contributed by atoms with Crippen molar-refractivity contribution < 1.29 is 14.3 Å². The van der Waals surface area contributed by atoms with Gasteiger partial charge in [-0.2, -0.15) is 10.4 Å². The largest absolute Gasteiger partial charge is 0.494 e. The number of nitrogens with zero attached hydrogens (tertiary/aromatic N) is 4. The first-order valence-corrected chi connectivity index (χ1v) is 12.6. The van der Waals surface area contributed by atoms with Crippen LogP contribution in [-0.4, -0.2) is 33.1 Å². The van der Waals surface area contributed by atoms with Crippen LogP contribution in [0.2, 0.25) is 0 Å². The molecule has 39 heavy (non-hydrogen) atoms. The summed E-state index contributed by atoms with van der Waals surface area (Å²) in [7, 11) is 0. The van der Waals surface area contributed by atoms with Gasteiger partial charge in [0.1, 0.15) is 17.4 Å². The van der Waals surface area contributed by atoms with E-state index in [1.807, 2.05) is 104 Å². The second kappa shape index (κ2) is 11.0. The molecule has 0 N–H and O–H groups in total.